The van der Waals surface area contributed by atoms with Gasteiger partial charge in [-0.05, 0) is 110 Å². The van der Waals surface area contributed by atoms with Crippen LogP contribution in [0.3, 0.4) is 0 Å². The monoisotopic (exact) mass is 647 g/mol. The minimum atomic E-state index is -0.329. The van der Waals surface area contributed by atoms with Gasteiger partial charge in [-0.1, -0.05) is 86.0 Å². The quantitative estimate of drug-likeness (QED) is 0.113. The molecule has 4 aromatic rings. The van der Waals surface area contributed by atoms with E-state index in [1.165, 1.54) is 61.5 Å². The maximum absolute atomic E-state index is 12.0. The van der Waals surface area contributed by atoms with Gasteiger partial charge in [0.05, 0.1) is 24.8 Å². The molecule has 1 aliphatic rings. The van der Waals surface area contributed by atoms with Gasteiger partial charge in [0, 0.05) is 13.1 Å². The lowest BCUT2D eigenvalue weighted by molar-refractivity contribution is 0.0525. The molecular formula is C42H49NO5. The van der Waals surface area contributed by atoms with Crippen LogP contribution >= 0.6 is 0 Å². The summed E-state index contributed by atoms with van der Waals surface area (Å²) in [6, 6.07) is 32.8. The molecule has 6 heteroatoms. The van der Waals surface area contributed by atoms with Gasteiger partial charge in [-0.2, -0.15) is 0 Å². The van der Waals surface area contributed by atoms with Crippen LogP contribution in [0.15, 0.2) is 97.1 Å². The Kier molecular flexibility index (Phi) is 13.2. The summed E-state index contributed by atoms with van der Waals surface area (Å²) >= 11 is 0. The third-order valence-corrected chi connectivity index (χ3v) is 9.31. The lowest BCUT2D eigenvalue weighted by Gasteiger charge is -2.23. The summed E-state index contributed by atoms with van der Waals surface area (Å²) in [5.41, 5.74) is 7.31. The first-order valence-electron chi connectivity index (χ1n) is 17.5. The second kappa shape index (κ2) is 18.2. The van der Waals surface area contributed by atoms with Gasteiger partial charge in [0.25, 0.3) is 0 Å². The third-order valence-electron chi connectivity index (χ3n) is 9.31. The fourth-order valence-electron chi connectivity index (χ4n) is 6.53. The van der Waals surface area contributed by atoms with Crippen molar-refractivity contribution in [2.75, 3.05) is 26.8 Å². The Labute approximate surface area is 286 Å². The van der Waals surface area contributed by atoms with Crippen molar-refractivity contribution in [1.29, 1.82) is 0 Å². The molecule has 5 rings (SSSR count). The molecule has 0 N–H and O–H groups in total. The van der Waals surface area contributed by atoms with Crippen LogP contribution < -0.4 is 4.74 Å². The SMILES string of the molecule is CCOC(=O)c1ccc(CCCN(CCc2ccccc2OCc2ccc(C3CCCCC3)cc2)Cc2ccc(C(=O)OC)cc2)cc1. The molecule has 48 heavy (non-hydrogen) atoms. The van der Waals surface area contributed by atoms with E-state index < -0.39 is 0 Å². The van der Waals surface area contributed by atoms with Crippen molar-refractivity contribution in [2.24, 2.45) is 0 Å². The Morgan fingerprint density at radius 2 is 1.35 bits per heavy atom. The van der Waals surface area contributed by atoms with E-state index in [9.17, 15) is 9.59 Å². The molecule has 0 unspecified atom stereocenters. The van der Waals surface area contributed by atoms with Gasteiger partial charge < -0.3 is 14.2 Å². The first-order chi connectivity index (χ1) is 23.5. The van der Waals surface area contributed by atoms with Crippen LogP contribution in [-0.2, 0) is 35.5 Å². The Morgan fingerprint density at radius 3 is 2.04 bits per heavy atom. The zero-order valence-electron chi connectivity index (χ0n) is 28.5. The first-order valence-corrected chi connectivity index (χ1v) is 17.5. The molecule has 252 valence electrons. The number of hydrogen-bond donors (Lipinski definition) is 0. The maximum atomic E-state index is 12.0. The van der Waals surface area contributed by atoms with Crippen molar-refractivity contribution >= 4 is 11.9 Å². The van der Waals surface area contributed by atoms with Crippen LogP contribution in [0.1, 0.15) is 99.9 Å². The van der Waals surface area contributed by atoms with Crippen LogP contribution in [0.25, 0.3) is 0 Å². The highest BCUT2D eigenvalue weighted by atomic mass is 16.5. The summed E-state index contributed by atoms with van der Waals surface area (Å²) in [5.74, 6) is 1.02. The van der Waals surface area contributed by atoms with Gasteiger partial charge >= 0.3 is 11.9 Å². The topological polar surface area (TPSA) is 65.1 Å². The molecular weight excluding hydrogens is 598 g/mol. The average molecular weight is 648 g/mol. The van der Waals surface area contributed by atoms with Crippen molar-refractivity contribution in [3.8, 4) is 5.75 Å². The first kappa shape index (κ1) is 34.9. The van der Waals surface area contributed by atoms with Gasteiger partial charge in [-0.25, -0.2) is 9.59 Å². The van der Waals surface area contributed by atoms with E-state index in [0.717, 1.165) is 50.2 Å². The number of hydrogen-bond acceptors (Lipinski definition) is 6. The van der Waals surface area contributed by atoms with Crippen molar-refractivity contribution in [3.63, 3.8) is 0 Å². The van der Waals surface area contributed by atoms with Gasteiger partial charge in [0.15, 0.2) is 0 Å². The lowest BCUT2D eigenvalue weighted by atomic mass is 9.84. The minimum Gasteiger partial charge on any atom is -0.489 e. The molecule has 4 aromatic carbocycles. The van der Waals surface area contributed by atoms with Crippen LogP contribution in [0, 0.1) is 0 Å². The number of para-hydroxylation sites is 1. The van der Waals surface area contributed by atoms with Crippen LogP contribution in [0.2, 0.25) is 0 Å². The number of nitrogens with zero attached hydrogens (tertiary/aromatic N) is 1. The number of ether oxygens (including phenoxy) is 3. The molecule has 0 atom stereocenters. The molecule has 1 aliphatic carbocycles. The molecule has 0 aromatic heterocycles. The molecule has 1 saturated carbocycles. The normalized spacial score (nSPS) is 13.3. The van der Waals surface area contributed by atoms with E-state index in [0.29, 0.717) is 30.3 Å². The van der Waals surface area contributed by atoms with E-state index >= 15 is 0 Å². The number of methoxy groups -OCH3 is 1. The van der Waals surface area contributed by atoms with E-state index in [-0.39, 0.29) is 11.9 Å². The lowest BCUT2D eigenvalue weighted by Crippen LogP contribution is -2.27. The smallest absolute Gasteiger partial charge is 0.338 e. The highest BCUT2D eigenvalue weighted by Crippen LogP contribution is 2.32. The molecule has 0 saturated heterocycles. The fourth-order valence-corrected chi connectivity index (χ4v) is 6.53. The van der Waals surface area contributed by atoms with Crippen molar-refractivity contribution < 1.29 is 23.8 Å². The van der Waals surface area contributed by atoms with E-state index in [1.807, 2.05) is 61.5 Å². The maximum Gasteiger partial charge on any atom is 0.338 e. The molecule has 6 nitrogen and oxygen atoms in total. The highest BCUT2D eigenvalue weighted by Gasteiger charge is 2.16. The number of aryl methyl sites for hydroxylation is 1. The van der Waals surface area contributed by atoms with Crippen molar-refractivity contribution in [3.05, 3.63) is 136 Å². The van der Waals surface area contributed by atoms with Gasteiger partial charge in [-0.15, -0.1) is 0 Å². The zero-order chi connectivity index (χ0) is 33.6. The molecule has 0 spiro atoms. The van der Waals surface area contributed by atoms with Crippen molar-refractivity contribution in [1.82, 2.24) is 4.90 Å². The van der Waals surface area contributed by atoms with E-state index in [4.69, 9.17) is 14.2 Å². The number of rotatable bonds is 16. The number of esters is 2. The Hall–Kier alpha value is -4.42. The summed E-state index contributed by atoms with van der Waals surface area (Å²) in [6.45, 7) is 5.25. The molecule has 1 fully saturated rings. The number of benzene rings is 4. The summed E-state index contributed by atoms with van der Waals surface area (Å²) in [6.07, 6.45) is 9.40. The van der Waals surface area contributed by atoms with Crippen molar-refractivity contribution in [2.45, 2.75) is 77.4 Å². The summed E-state index contributed by atoms with van der Waals surface area (Å²) < 4.78 is 16.4. The number of carbonyl (C=O) groups excluding carboxylic acids is 2. The predicted octanol–water partition coefficient (Wildman–Crippen LogP) is 8.95. The zero-order valence-corrected chi connectivity index (χ0v) is 28.5. The Bertz CT molecular complexity index is 1570. The minimum absolute atomic E-state index is 0.287. The fraction of sp³-hybridized carbons (Fsp3) is 0.381. The van der Waals surface area contributed by atoms with Crippen LogP contribution in [0.5, 0.6) is 5.75 Å². The summed E-state index contributed by atoms with van der Waals surface area (Å²) in [7, 11) is 1.40. The molecule has 0 aliphatic heterocycles. The average Bonchev–Trinajstić information content (AvgIpc) is 3.14. The predicted molar refractivity (Wildman–Crippen MR) is 191 cm³/mol. The van der Waals surface area contributed by atoms with Gasteiger partial charge in [0.2, 0.25) is 0 Å². The second-order valence-electron chi connectivity index (χ2n) is 12.7. The number of carbonyl (C=O) groups is 2. The molecule has 0 bridgehead atoms. The highest BCUT2D eigenvalue weighted by molar-refractivity contribution is 5.89. The second-order valence-corrected chi connectivity index (χ2v) is 12.7. The Morgan fingerprint density at radius 1 is 0.708 bits per heavy atom. The van der Waals surface area contributed by atoms with E-state index in [1.54, 1.807) is 0 Å². The van der Waals surface area contributed by atoms with Gasteiger partial charge in [-0.3, -0.25) is 4.90 Å². The summed E-state index contributed by atoms with van der Waals surface area (Å²) in [5, 5.41) is 0. The van der Waals surface area contributed by atoms with E-state index in [2.05, 4.69) is 47.4 Å². The van der Waals surface area contributed by atoms with Gasteiger partial charge in [0.1, 0.15) is 12.4 Å². The molecule has 0 radical (unpaired) electrons. The molecule has 0 amide bonds. The standard InChI is InChI=1S/C42H49NO5/c1-3-47-42(45)39-23-15-32(16-24-39)10-9-28-43(30-33-17-25-38(26-18-33)41(44)46-2)29-27-37-13-7-8-14-40(37)48-31-34-19-21-36(22-20-34)35-11-5-4-6-12-35/h7-8,13-26,35H,3-6,9-12,27-31H2,1-2H3. The molecule has 0 heterocycles. The largest absolute Gasteiger partial charge is 0.489 e. The van der Waals surface area contributed by atoms with Crippen LogP contribution in [0.4, 0.5) is 0 Å². The Balaban J connectivity index is 1.20. The third kappa shape index (κ3) is 10.3. The van der Waals surface area contributed by atoms with Crippen LogP contribution in [-0.4, -0.2) is 43.6 Å². The summed E-state index contributed by atoms with van der Waals surface area (Å²) in [4.78, 5) is 26.5.